The maximum atomic E-state index is 5.89. The zero-order valence-electron chi connectivity index (χ0n) is 19.8. The molecule has 0 bridgehead atoms. The molecule has 2 N–H and O–H groups in total. The Kier molecular flexibility index (Phi) is 12.7. The van der Waals surface area contributed by atoms with E-state index in [0.717, 1.165) is 54.7 Å². The van der Waals surface area contributed by atoms with Gasteiger partial charge in [-0.2, -0.15) is 5.10 Å². The van der Waals surface area contributed by atoms with Gasteiger partial charge >= 0.3 is 0 Å². The normalized spacial score (nSPS) is 12.5. The number of para-hydroxylation sites is 1. The highest BCUT2D eigenvalue weighted by Crippen LogP contribution is 2.17. The fraction of sp³-hybridized carbons (Fsp3) is 0.565. The predicted octanol–water partition coefficient (Wildman–Crippen LogP) is 3.52. The fourth-order valence-corrected chi connectivity index (χ4v) is 3.32. The van der Waals surface area contributed by atoms with Crippen LogP contribution in [0.15, 0.2) is 35.3 Å². The fourth-order valence-electron chi connectivity index (χ4n) is 3.32. The van der Waals surface area contributed by atoms with Crippen molar-refractivity contribution in [1.29, 1.82) is 0 Å². The van der Waals surface area contributed by atoms with Crippen molar-refractivity contribution in [2.75, 3.05) is 40.3 Å². The summed E-state index contributed by atoms with van der Waals surface area (Å²) < 4.78 is 7.89. The molecule has 0 spiro atoms. The summed E-state index contributed by atoms with van der Waals surface area (Å²) in [6.07, 6.45) is 1.14. The molecular formula is C23H39IN6O. The first-order valence-electron chi connectivity index (χ1n) is 10.8. The molecule has 8 heteroatoms. The lowest BCUT2D eigenvalue weighted by molar-refractivity contribution is 0.0548. The van der Waals surface area contributed by atoms with Crippen molar-refractivity contribution in [3.63, 3.8) is 0 Å². The summed E-state index contributed by atoms with van der Waals surface area (Å²) in [4.78, 5) is 7.00. The molecule has 1 unspecified atom stereocenters. The number of aliphatic imine (C=N–C) groups is 1. The van der Waals surface area contributed by atoms with Crippen LogP contribution in [-0.2, 0) is 11.3 Å². The predicted molar refractivity (Wildman–Crippen MR) is 140 cm³/mol. The second-order valence-corrected chi connectivity index (χ2v) is 7.71. The van der Waals surface area contributed by atoms with E-state index in [0.29, 0.717) is 13.2 Å². The standard InChI is InChI=1S/C23H38N6O.HI/c1-7-24-23(26-17-21(30-8-2)13-14-28(5)6)25-16-20-11-9-10-12-22(20)29-19(4)15-18(3)27-29;/h9-12,15,21H,7-8,13-14,16-17H2,1-6H3,(H2,24,25,26);1H. The SMILES string of the molecule is CCNC(=NCc1ccccc1-n1nc(C)cc1C)NCC(CCN(C)C)OCC.I. The molecule has 0 saturated heterocycles. The molecule has 0 amide bonds. The number of hydrogen-bond donors (Lipinski definition) is 2. The molecule has 31 heavy (non-hydrogen) atoms. The Labute approximate surface area is 204 Å². The zero-order valence-corrected chi connectivity index (χ0v) is 22.1. The lowest BCUT2D eigenvalue weighted by atomic mass is 10.2. The zero-order chi connectivity index (χ0) is 21.9. The number of rotatable bonds is 11. The van der Waals surface area contributed by atoms with Crippen molar-refractivity contribution in [3.05, 3.63) is 47.3 Å². The number of aromatic nitrogens is 2. The minimum atomic E-state index is 0. The second-order valence-electron chi connectivity index (χ2n) is 7.71. The molecule has 0 fully saturated rings. The molecule has 7 nitrogen and oxygen atoms in total. The van der Waals surface area contributed by atoms with Crippen LogP contribution in [0.5, 0.6) is 0 Å². The first-order chi connectivity index (χ1) is 14.4. The molecule has 0 radical (unpaired) electrons. The number of hydrogen-bond acceptors (Lipinski definition) is 4. The maximum Gasteiger partial charge on any atom is 0.191 e. The van der Waals surface area contributed by atoms with Crippen LogP contribution in [0.2, 0.25) is 0 Å². The first kappa shape index (κ1) is 27.4. The van der Waals surface area contributed by atoms with E-state index in [1.54, 1.807) is 0 Å². The second kappa shape index (κ2) is 14.4. The molecule has 174 valence electrons. The number of nitrogens with one attached hydrogen (secondary N) is 2. The number of nitrogens with zero attached hydrogens (tertiary/aromatic N) is 4. The van der Waals surface area contributed by atoms with E-state index in [2.05, 4.69) is 66.8 Å². The molecule has 1 atom stereocenters. The Morgan fingerprint density at radius 2 is 1.94 bits per heavy atom. The number of aryl methyl sites for hydroxylation is 2. The van der Waals surface area contributed by atoms with Gasteiger partial charge in [0.2, 0.25) is 0 Å². The van der Waals surface area contributed by atoms with E-state index < -0.39 is 0 Å². The van der Waals surface area contributed by atoms with Crippen molar-refractivity contribution >= 4 is 29.9 Å². The van der Waals surface area contributed by atoms with E-state index in [4.69, 9.17) is 9.73 Å². The third-order valence-corrected chi connectivity index (χ3v) is 4.78. The van der Waals surface area contributed by atoms with Crippen molar-refractivity contribution in [2.45, 2.75) is 46.8 Å². The molecular weight excluding hydrogens is 503 g/mol. The van der Waals surface area contributed by atoms with Crippen LogP contribution < -0.4 is 10.6 Å². The number of benzene rings is 1. The summed E-state index contributed by atoms with van der Waals surface area (Å²) in [5.41, 5.74) is 4.34. The summed E-state index contributed by atoms with van der Waals surface area (Å²) in [7, 11) is 4.17. The monoisotopic (exact) mass is 542 g/mol. The van der Waals surface area contributed by atoms with Gasteiger partial charge in [0.05, 0.1) is 24.0 Å². The van der Waals surface area contributed by atoms with Gasteiger partial charge in [-0.05, 0) is 65.9 Å². The van der Waals surface area contributed by atoms with Gasteiger partial charge in [0.25, 0.3) is 0 Å². The Morgan fingerprint density at radius 3 is 2.55 bits per heavy atom. The summed E-state index contributed by atoms with van der Waals surface area (Å²) in [5.74, 6) is 0.801. The highest BCUT2D eigenvalue weighted by Gasteiger charge is 2.11. The molecule has 2 rings (SSSR count). The number of halogens is 1. The van der Waals surface area contributed by atoms with Crippen molar-refractivity contribution in [3.8, 4) is 5.69 Å². The molecule has 0 aliphatic carbocycles. The van der Waals surface area contributed by atoms with Crippen LogP contribution in [0.25, 0.3) is 5.69 Å². The molecule has 0 saturated carbocycles. The smallest absolute Gasteiger partial charge is 0.191 e. The van der Waals surface area contributed by atoms with Gasteiger partial charge in [-0.15, -0.1) is 24.0 Å². The van der Waals surface area contributed by atoms with Gasteiger partial charge in [-0.1, -0.05) is 18.2 Å². The van der Waals surface area contributed by atoms with E-state index in [-0.39, 0.29) is 30.1 Å². The van der Waals surface area contributed by atoms with Crippen molar-refractivity contribution < 1.29 is 4.74 Å². The van der Waals surface area contributed by atoms with Gasteiger partial charge < -0.3 is 20.3 Å². The number of ether oxygens (including phenoxy) is 1. The van der Waals surface area contributed by atoms with Crippen LogP contribution >= 0.6 is 24.0 Å². The van der Waals surface area contributed by atoms with Crippen molar-refractivity contribution in [2.24, 2.45) is 4.99 Å². The first-order valence-corrected chi connectivity index (χ1v) is 10.8. The lowest BCUT2D eigenvalue weighted by Gasteiger charge is -2.21. The van der Waals surface area contributed by atoms with E-state index in [1.165, 1.54) is 0 Å². The highest BCUT2D eigenvalue weighted by atomic mass is 127. The highest BCUT2D eigenvalue weighted by molar-refractivity contribution is 14.0. The Balaban J connectivity index is 0.00000480. The van der Waals surface area contributed by atoms with Gasteiger partial charge in [-0.25, -0.2) is 9.67 Å². The minimum Gasteiger partial charge on any atom is -0.377 e. The van der Waals surface area contributed by atoms with Crippen LogP contribution in [-0.4, -0.2) is 67.1 Å². The molecule has 1 aromatic heterocycles. The summed E-state index contributed by atoms with van der Waals surface area (Å²) >= 11 is 0. The number of guanidine groups is 1. The Hall–Kier alpha value is -1.65. The average molecular weight is 543 g/mol. The van der Waals surface area contributed by atoms with Crippen molar-refractivity contribution in [1.82, 2.24) is 25.3 Å². The van der Waals surface area contributed by atoms with Crippen LogP contribution in [0.1, 0.15) is 37.2 Å². The van der Waals surface area contributed by atoms with Crippen LogP contribution in [0.3, 0.4) is 0 Å². The Bertz CT molecular complexity index is 805. The lowest BCUT2D eigenvalue weighted by Crippen LogP contribution is -2.42. The molecule has 1 heterocycles. The van der Waals surface area contributed by atoms with Crippen LogP contribution in [0, 0.1) is 13.8 Å². The third-order valence-electron chi connectivity index (χ3n) is 4.78. The largest absolute Gasteiger partial charge is 0.377 e. The molecule has 0 aliphatic heterocycles. The van der Waals surface area contributed by atoms with Crippen LogP contribution in [0.4, 0.5) is 0 Å². The molecule has 0 aliphatic rings. The van der Waals surface area contributed by atoms with Gasteiger partial charge in [0.1, 0.15) is 0 Å². The quantitative estimate of drug-likeness (QED) is 0.259. The van der Waals surface area contributed by atoms with E-state index in [9.17, 15) is 0 Å². The minimum absolute atomic E-state index is 0. The summed E-state index contributed by atoms with van der Waals surface area (Å²) in [6.45, 7) is 12.0. The summed E-state index contributed by atoms with van der Waals surface area (Å²) in [5, 5.41) is 11.4. The maximum absolute atomic E-state index is 5.89. The van der Waals surface area contributed by atoms with E-state index >= 15 is 0 Å². The van der Waals surface area contributed by atoms with Gasteiger partial charge in [0, 0.05) is 31.9 Å². The van der Waals surface area contributed by atoms with E-state index in [1.807, 2.05) is 30.7 Å². The summed E-state index contributed by atoms with van der Waals surface area (Å²) in [6, 6.07) is 10.4. The third kappa shape index (κ3) is 9.16. The molecule has 1 aromatic carbocycles. The molecule has 2 aromatic rings. The Morgan fingerprint density at radius 1 is 1.19 bits per heavy atom. The van der Waals surface area contributed by atoms with Gasteiger partial charge in [-0.3, -0.25) is 0 Å². The van der Waals surface area contributed by atoms with Gasteiger partial charge in [0.15, 0.2) is 5.96 Å². The topological polar surface area (TPSA) is 66.7 Å². The average Bonchev–Trinajstić information content (AvgIpc) is 3.05.